The molecule has 1 aromatic rings. The van der Waals surface area contributed by atoms with Gasteiger partial charge in [-0.2, -0.15) is 0 Å². The molecule has 1 aliphatic rings. The molecule has 0 fully saturated rings. The van der Waals surface area contributed by atoms with Crippen LogP contribution in [0.1, 0.15) is 24.5 Å². The van der Waals surface area contributed by atoms with Crippen LogP contribution < -0.4 is 5.32 Å². The monoisotopic (exact) mass is 245 g/mol. The molecule has 1 N–H and O–H groups in total. The molecule has 18 heavy (non-hydrogen) atoms. The molecule has 4 nitrogen and oxygen atoms in total. The van der Waals surface area contributed by atoms with Crippen molar-refractivity contribution in [2.75, 3.05) is 11.9 Å². The van der Waals surface area contributed by atoms with Gasteiger partial charge in [0.05, 0.1) is 25.1 Å². The van der Waals surface area contributed by atoms with E-state index in [1.165, 1.54) is 0 Å². The second-order valence-corrected chi connectivity index (χ2v) is 4.02. The van der Waals surface area contributed by atoms with E-state index in [0.717, 1.165) is 16.8 Å². The number of para-hydroxylation sites is 1. The number of rotatable bonds is 4. The average molecular weight is 245 g/mol. The molecule has 1 amide bonds. The molecule has 0 bridgehead atoms. The number of benzene rings is 1. The topological polar surface area (TPSA) is 55.4 Å². The van der Waals surface area contributed by atoms with Crippen LogP contribution in [0.3, 0.4) is 0 Å². The molecule has 0 spiro atoms. The molecule has 0 aliphatic carbocycles. The third kappa shape index (κ3) is 2.77. The number of hydrogen-bond acceptors (Lipinski definition) is 3. The van der Waals surface area contributed by atoms with Gasteiger partial charge in [0.25, 0.3) is 0 Å². The standard InChI is InChI=1S/C14H15NO3/c1-2-18-13(17)8-4-6-10-5-3-7-11-9-12(16)15-14(10)11/h3-7H,2,8-9H2,1H3,(H,15,16). The van der Waals surface area contributed by atoms with Gasteiger partial charge >= 0.3 is 5.97 Å². The van der Waals surface area contributed by atoms with Gasteiger partial charge in [0, 0.05) is 0 Å². The maximum absolute atomic E-state index is 11.3. The van der Waals surface area contributed by atoms with Crippen molar-refractivity contribution >= 4 is 23.6 Å². The molecule has 0 aromatic heterocycles. The summed E-state index contributed by atoms with van der Waals surface area (Å²) in [5.74, 6) is -0.235. The van der Waals surface area contributed by atoms with Crippen LogP contribution in [0, 0.1) is 0 Å². The van der Waals surface area contributed by atoms with Crippen molar-refractivity contribution in [1.29, 1.82) is 0 Å². The number of fused-ring (bicyclic) bond motifs is 1. The highest BCUT2D eigenvalue weighted by Crippen LogP contribution is 2.27. The molecule has 0 unspecified atom stereocenters. The fraction of sp³-hybridized carbons (Fsp3) is 0.286. The summed E-state index contributed by atoms with van der Waals surface area (Å²) in [4.78, 5) is 22.5. The minimum atomic E-state index is -0.245. The molecule has 0 radical (unpaired) electrons. The maximum atomic E-state index is 11.3. The lowest BCUT2D eigenvalue weighted by molar-refractivity contribution is -0.142. The van der Waals surface area contributed by atoms with E-state index in [1.807, 2.05) is 24.3 Å². The lowest BCUT2D eigenvalue weighted by Crippen LogP contribution is -2.04. The first-order chi connectivity index (χ1) is 8.70. The van der Waals surface area contributed by atoms with Crippen LogP contribution in [-0.2, 0) is 20.7 Å². The zero-order valence-electron chi connectivity index (χ0n) is 10.2. The number of carbonyl (C=O) groups is 2. The zero-order chi connectivity index (χ0) is 13.0. The molecule has 0 saturated heterocycles. The molecule has 4 heteroatoms. The Kier molecular flexibility index (Phi) is 3.77. The Morgan fingerprint density at radius 1 is 1.50 bits per heavy atom. The van der Waals surface area contributed by atoms with Crippen molar-refractivity contribution in [2.24, 2.45) is 0 Å². The summed E-state index contributed by atoms with van der Waals surface area (Å²) in [6.45, 7) is 2.17. The SMILES string of the molecule is CCOC(=O)CC=Cc1cccc2c1NC(=O)C2. The summed E-state index contributed by atoms with van der Waals surface area (Å²) in [5, 5.41) is 2.82. The Hall–Kier alpha value is -2.10. The molecule has 2 rings (SSSR count). The molecular formula is C14H15NO3. The van der Waals surface area contributed by atoms with Gasteiger partial charge in [0.1, 0.15) is 0 Å². The summed E-state index contributed by atoms with van der Waals surface area (Å²) in [7, 11) is 0. The van der Waals surface area contributed by atoms with Crippen LogP contribution in [0.15, 0.2) is 24.3 Å². The third-order valence-corrected chi connectivity index (χ3v) is 2.69. The minimum Gasteiger partial charge on any atom is -0.466 e. The Bertz CT molecular complexity index is 506. The second kappa shape index (κ2) is 5.49. The molecule has 0 atom stereocenters. The predicted molar refractivity (Wildman–Crippen MR) is 69.1 cm³/mol. The lowest BCUT2D eigenvalue weighted by Gasteiger charge is -2.03. The number of carbonyl (C=O) groups excluding carboxylic acids is 2. The van der Waals surface area contributed by atoms with Crippen molar-refractivity contribution < 1.29 is 14.3 Å². The normalized spacial score (nSPS) is 13.5. The number of esters is 1. The number of anilines is 1. The van der Waals surface area contributed by atoms with Gasteiger partial charge in [0.15, 0.2) is 0 Å². The van der Waals surface area contributed by atoms with Gasteiger partial charge in [0.2, 0.25) is 5.91 Å². The third-order valence-electron chi connectivity index (χ3n) is 2.69. The lowest BCUT2D eigenvalue weighted by atomic mass is 10.1. The predicted octanol–water partition coefficient (Wildman–Crippen LogP) is 2.15. The van der Waals surface area contributed by atoms with Crippen molar-refractivity contribution in [3.05, 3.63) is 35.4 Å². The minimum absolute atomic E-state index is 0.0104. The van der Waals surface area contributed by atoms with E-state index in [1.54, 1.807) is 13.0 Å². The van der Waals surface area contributed by atoms with Crippen molar-refractivity contribution in [2.45, 2.75) is 19.8 Å². The fourth-order valence-corrected chi connectivity index (χ4v) is 1.92. The Morgan fingerprint density at radius 2 is 2.33 bits per heavy atom. The first-order valence-corrected chi connectivity index (χ1v) is 5.94. The Morgan fingerprint density at radius 3 is 3.11 bits per heavy atom. The average Bonchev–Trinajstić information content (AvgIpc) is 2.70. The van der Waals surface area contributed by atoms with Crippen LogP contribution >= 0.6 is 0 Å². The van der Waals surface area contributed by atoms with Crippen molar-refractivity contribution in [3.63, 3.8) is 0 Å². The molecule has 94 valence electrons. The van der Waals surface area contributed by atoms with Gasteiger partial charge < -0.3 is 10.1 Å². The van der Waals surface area contributed by atoms with E-state index in [-0.39, 0.29) is 18.3 Å². The van der Waals surface area contributed by atoms with E-state index in [4.69, 9.17) is 4.74 Å². The van der Waals surface area contributed by atoms with Gasteiger partial charge in [-0.25, -0.2) is 0 Å². The van der Waals surface area contributed by atoms with Crippen LogP contribution in [0.5, 0.6) is 0 Å². The van der Waals surface area contributed by atoms with E-state index < -0.39 is 0 Å². The van der Waals surface area contributed by atoms with Crippen molar-refractivity contribution in [3.8, 4) is 0 Å². The highest BCUT2D eigenvalue weighted by Gasteiger charge is 2.18. The highest BCUT2D eigenvalue weighted by atomic mass is 16.5. The Balaban J connectivity index is 2.07. The zero-order valence-corrected chi connectivity index (χ0v) is 10.2. The van der Waals surface area contributed by atoms with Gasteiger partial charge in [-0.1, -0.05) is 30.4 Å². The summed E-state index contributed by atoms with van der Waals surface area (Å²) >= 11 is 0. The van der Waals surface area contributed by atoms with Crippen LogP contribution in [-0.4, -0.2) is 18.5 Å². The summed E-state index contributed by atoms with van der Waals surface area (Å²) < 4.78 is 4.83. The molecular weight excluding hydrogens is 230 g/mol. The van der Waals surface area contributed by atoms with Crippen LogP contribution in [0.25, 0.3) is 6.08 Å². The van der Waals surface area contributed by atoms with Crippen LogP contribution in [0.4, 0.5) is 5.69 Å². The Labute approximate surface area is 106 Å². The molecule has 1 aromatic carbocycles. The van der Waals surface area contributed by atoms with Crippen LogP contribution in [0.2, 0.25) is 0 Å². The largest absolute Gasteiger partial charge is 0.466 e. The number of hydrogen-bond donors (Lipinski definition) is 1. The highest BCUT2D eigenvalue weighted by molar-refractivity contribution is 6.01. The molecule has 1 aliphatic heterocycles. The first kappa shape index (κ1) is 12.4. The summed E-state index contributed by atoms with van der Waals surface area (Å²) in [5.41, 5.74) is 2.77. The van der Waals surface area contributed by atoms with Crippen molar-refractivity contribution in [1.82, 2.24) is 0 Å². The number of ether oxygens (including phenoxy) is 1. The number of amides is 1. The summed E-state index contributed by atoms with van der Waals surface area (Å²) in [6, 6.07) is 5.74. The smallest absolute Gasteiger partial charge is 0.309 e. The summed E-state index contributed by atoms with van der Waals surface area (Å²) in [6.07, 6.45) is 4.25. The molecule has 0 saturated carbocycles. The fourth-order valence-electron chi connectivity index (χ4n) is 1.92. The van der Waals surface area contributed by atoms with E-state index >= 15 is 0 Å². The van der Waals surface area contributed by atoms with E-state index in [0.29, 0.717) is 13.0 Å². The van der Waals surface area contributed by atoms with Gasteiger partial charge in [-0.15, -0.1) is 0 Å². The van der Waals surface area contributed by atoms with Gasteiger partial charge in [-0.3, -0.25) is 9.59 Å². The van der Waals surface area contributed by atoms with E-state index in [9.17, 15) is 9.59 Å². The number of nitrogens with one attached hydrogen (secondary N) is 1. The van der Waals surface area contributed by atoms with Gasteiger partial charge in [-0.05, 0) is 18.1 Å². The quantitative estimate of drug-likeness (QED) is 0.827. The van der Waals surface area contributed by atoms with E-state index in [2.05, 4.69) is 5.32 Å². The molecule has 1 heterocycles. The maximum Gasteiger partial charge on any atom is 0.309 e. The first-order valence-electron chi connectivity index (χ1n) is 5.94. The second-order valence-electron chi connectivity index (χ2n) is 4.02.